The van der Waals surface area contributed by atoms with Crippen molar-refractivity contribution in [1.82, 2.24) is 5.32 Å². The molecule has 3 heteroatoms. The second-order valence-corrected chi connectivity index (χ2v) is 3.00. The third kappa shape index (κ3) is 3.77. The zero-order chi connectivity index (χ0) is 11.1. The summed E-state index contributed by atoms with van der Waals surface area (Å²) in [5.41, 5.74) is 0.482. The van der Waals surface area contributed by atoms with Gasteiger partial charge in [-0.25, -0.2) is 0 Å². The maximum atomic E-state index is 11.5. The summed E-state index contributed by atoms with van der Waals surface area (Å²) in [6.07, 6.45) is 3.83. The summed E-state index contributed by atoms with van der Waals surface area (Å²) in [6, 6.07) is 8.64. The first kappa shape index (κ1) is 11.2. The molecule has 0 heterocycles. The van der Waals surface area contributed by atoms with Gasteiger partial charge in [0.1, 0.15) is 0 Å². The number of rotatable bonds is 3. The van der Waals surface area contributed by atoms with Gasteiger partial charge >= 0.3 is 0 Å². The van der Waals surface area contributed by atoms with Gasteiger partial charge in [0, 0.05) is 5.56 Å². The van der Waals surface area contributed by atoms with E-state index in [4.69, 9.17) is 0 Å². The highest BCUT2D eigenvalue weighted by molar-refractivity contribution is 6.07. The Hall–Kier alpha value is -1.90. The summed E-state index contributed by atoms with van der Waals surface area (Å²) in [5, 5.41) is 2.27. The van der Waals surface area contributed by atoms with Crippen LogP contribution in [0.1, 0.15) is 23.7 Å². The van der Waals surface area contributed by atoms with Crippen LogP contribution in [0.2, 0.25) is 0 Å². The van der Waals surface area contributed by atoms with Crippen molar-refractivity contribution in [2.45, 2.75) is 13.3 Å². The van der Waals surface area contributed by atoms with Crippen LogP contribution >= 0.6 is 0 Å². The molecule has 0 saturated heterocycles. The Balaban J connectivity index is 2.57. The Morgan fingerprint density at radius 3 is 2.53 bits per heavy atom. The fourth-order valence-electron chi connectivity index (χ4n) is 1.04. The summed E-state index contributed by atoms with van der Waals surface area (Å²) in [5.74, 6) is -0.757. The Bertz CT molecular complexity index is 368. The lowest BCUT2D eigenvalue weighted by molar-refractivity contribution is -0.115. The molecule has 0 aliphatic carbocycles. The maximum Gasteiger partial charge on any atom is 0.258 e. The lowest BCUT2D eigenvalue weighted by Crippen LogP contribution is -2.28. The van der Waals surface area contributed by atoms with Crippen molar-refractivity contribution in [3.05, 3.63) is 48.0 Å². The van der Waals surface area contributed by atoms with Gasteiger partial charge in [-0.3, -0.25) is 14.9 Å². The SMILES string of the molecule is CCC=CC(=O)NC(=O)c1ccccc1. The van der Waals surface area contributed by atoms with Gasteiger partial charge in [-0.05, 0) is 24.6 Å². The predicted octanol–water partition coefficient (Wildman–Crippen LogP) is 1.91. The van der Waals surface area contributed by atoms with Crippen molar-refractivity contribution in [3.8, 4) is 0 Å². The van der Waals surface area contributed by atoms with Gasteiger partial charge in [-0.15, -0.1) is 0 Å². The van der Waals surface area contributed by atoms with Crippen molar-refractivity contribution in [2.24, 2.45) is 0 Å². The van der Waals surface area contributed by atoms with Crippen molar-refractivity contribution < 1.29 is 9.59 Å². The van der Waals surface area contributed by atoms with Gasteiger partial charge in [-0.1, -0.05) is 31.2 Å². The average Bonchev–Trinajstić information content (AvgIpc) is 2.27. The Labute approximate surface area is 88.8 Å². The number of hydrogen-bond donors (Lipinski definition) is 1. The molecule has 0 aliphatic rings. The van der Waals surface area contributed by atoms with E-state index >= 15 is 0 Å². The van der Waals surface area contributed by atoms with E-state index in [0.29, 0.717) is 5.56 Å². The maximum absolute atomic E-state index is 11.5. The van der Waals surface area contributed by atoms with E-state index in [1.807, 2.05) is 13.0 Å². The molecule has 0 spiro atoms. The molecule has 2 amide bonds. The van der Waals surface area contributed by atoms with Crippen LogP contribution in [-0.4, -0.2) is 11.8 Å². The molecule has 0 unspecified atom stereocenters. The minimum Gasteiger partial charge on any atom is -0.289 e. The summed E-state index contributed by atoms with van der Waals surface area (Å²) >= 11 is 0. The normalized spacial score (nSPS) is 10.2. The first-order valence-electron chi connectivity index (χ1n) is 4.81. The number of amides is 2. The standard InChI is InChI=1S/C12H13NO2/c1-2-3-9-11(14)13-12(15)10-7-5-4-6-8-10/h3-9H,2H2,1H3,(H,13,14,15). The zero-order valence-corrected chi connectivity index (χ0v) is 8.57. The summed E-state index contributed by atoms with van der Waals surface area (Å²) in [4.78, 5) is 22.6. The van der Waals surface area contributed by atoms with Gasteiger partial charge in [0.25, 0.3) is 5.91 Å². The van der Waals surface area contributed by atoms with E-state index in [9.17, 15) is 9.59 Å². The molecule has 1 aromatic carbocycles. The second-order valence-electron chi connectivity index (χ2n) is 3.00. The van der Waals surface area contributed by atoms with Gasteiger partial charge in [0.15, 0.2) is 0 Å². The van der Waals surface area contributed by atoms with Crippen LogP contribution in [0.5, 0.6) is 0 Å². The van der Waals surface area contributed by atoms with Gasteiger partial charge in [-0.2, -0.15) is 0 Å². The van der Waals surface area contributed by atoms with Crippen molar-refractivity contribution in [1.29, 1.82) is 0 Å². The molecule has 1 rings (SSSR count). The molecular formula is C12H13NO2. The topological polar surface area (TPSA) is 46.2 Å². The summed E-state index contributed by atoms with van der Waals surface area (Å²) in [6.45, 7) is 1.92. The zero-order valence-electron chi connectivity index (χ0n) is 8.57. The van der Waals surface area contributed by atoms with Crippen LogP contribution in [0.3, 0.4) is 0 Å². The number of carbonyl (C=O) groups excluding carboxylic acids is 2. The van der Waals surface area contributed by atoms with Crippen LogP contribution < -0.4 is 5.32 Å². The number of imide groups is 1. The van der Waals surface area contributed by atoms with Crippen molar-refractivity contribution >= 4 is 11.8 Å². The summed E-state index contributed by atoms with van der Waals surface area (Å²) < 4.78 is 0. The Morgan fingerprint density at radius 1 is 1.27 bits per heavy atom. The van der Waals surface area contributed by atoms with Crippen LogP contribution in [-0.2, 0) is 4.79 Å². The van der Waals surface area contributed by atoms with Crippen LogP contribution in [0.25, 0.3) is 0 Å². The van der Waals surface area contributed by atoms with E-state index in [1.54, 1.807) is 30.3 Å². The predicted molar refractivity (Wildman–Crippen MR) is 58.3 cm³/mol. The van der Waals surface area contributed by atoms with E-state index < -0.39 is 0 Å². The monoisotopic (exact) mass is 203 g/mol. The highest BCUT2D eigenvalue weighted by Crippen LogP contribution is 1.97. The van der Waals surface area contributed by atoms with Crippen LogP contribution in [0.4, 0.5) is 0 Å². The van der Waals surface area contributed by atoms with Crippen LogP contribution in [0, 0.1) is 0 Å². The Kier molecular flexibility index (Phi) is 4.29. The molecule has 15 heavy (non-hydrogen) atoms. The molecule has 0 atom stereocenters. The minimum atomic E-state index is -0.384. The highest BCUT2D eigenvalue weighted by Gasteiger charge is 2.06. The third-order valence-electron chi connectivity index (χ3n) is 1.78. The van der Waals surface area contributed by atoms with Crippen LogP contribution in [0.15, 0.2) is 42.5 Å². The first-order valence-corrected chi connectivity index (χ1v) is 4.81. The number of carbonyl (C=O) groups is 2. The fourth-order valence-corrected chi connectivity index (χ4v) is 1.04. The Morgan fingerprint density at radius 2 is 1.93 bits per heavy atom. The molecule has 78 valence electrons. The lowest BCUT2D eigenvalue weighted by atomic mass is 10.2. The lowest BCUT2D eigenvalue weighted by Gasteiger charge is -2.00. The fraction of sp³-hybridized carbons (Fsp3) is 0.167. The largest absolute Gasteiger partial charge is 0.289 e. The molecule has 0 aliphatic heterocycles. The average molecular weight is 203 g/mol. The van der Waals surface area contributed by atoms with E-state index in [1.165, 1.54) is 6.08 Å². The highest BCUT2D eigenvalue weighted by atomic mass is 16.2. The number of hydrogen-bond acceptors (Lipinski definition) is 2. The van der Waals surface area contributed by atoms with E-state index in [0.717, 1.165) is 6.42 Å². The molecule has 1 aromatic rings. The van der Waals surface area contributed by atoms with Gasteiger partial charge < -0.3 is 0 Å². The minimum absolute atomic E-state index is 0.374. The third-order valence-corrected chi connectivity index (χ3v) is 1.78. The van der Waals surface area contributed by atoms with Gasteiger partial charge in [0.2, 0.25) is 5.91 Å². The number of benzene rings is 1. The first-order chi connectivity index (χ1) is 7.24. The molecule has 0 aromatic heterocycles. The quantitative estimate of drug-likeness (QED) is 0.763. The molecular weight excluding hydrogens is 190 g/mol. The second kappa shape index (κ2) is 5.75. The van der Waals surface area contributed by atoms with Crippen molar-refractivity contribution in [3.63, 3.8) is 0 Å². The molecule has 1 N–H and O–H groups in total. The molecule has 0 bridgehead atoms. The number of allylic oxidation sites excluding steroid dienone is 1. The summed E-state index contributed by atoms with van der Waals surface area (Å²) in [7, 11) is 0. The molecule has 0 saturated carbocycles. The number of nitrogens with one attached hydrogen (secondary N) is 1. The van der Waals surface area contributed by atoms with Crippen molar-refractivity contribution in [2.75, 3.05) is 0 Å². The van der Waals surface area contributed by atoms with E-state index in [-0.39, 0.29) is 11.8 Å². The van der Waals surface area contributed by atoms with E-state index in [2.05, 4.69) is 5.32 Å². The smallest absolute Gasteiger partial charge is 0.258 e. The molecule has 3 nitrogen and oxygen atoms in total. The van der Waals surface area contributed by atoms with Gasteiger partial charge in [0.05, 0.1) is 0 Å². The molecule has 0 radical (unpaired) electrons. The molecule has 0 fully saturated rings.